The molecule has 0 aliphatic heterocycles. The molecule has 0 spiro atoms. The SMILES string of the molecule is CC(O)(CO)CNCc1cccc(Cl)c1F. The molecule has 3 N–H and O–H groups in total. The number of hydrogen-bond donors (Lipinski definition) is 3. The van der Waals surface area contributed by atoms with Crippen molar-refractivity contribution in [3.63, 3.8) is 0 Å². The molecule has 0 bridgehead atoms. The molecule has 16 heavy (non-hydrogen) atoms. The molecule has 0 heterocycles. The molecule has 1 rings (SSSR count). The Hall–Kier alpha value is -0.680. The van der Waals surface area contributed by atoms with E-state index >= 15 is 0 Å². The van der Waals surface area contributed by atoms with Crippen LogP contribution in [0.25, 0.3) is 0 Å². The van der Waals surface area contributed by atoms with Gasteiger partial charge in [0.05, 0.1) is 17.2 Å². The van der Waals surface area contributed by atoms with Crippen molar-refractivity contribution in [3.8, 4) is 0 Å². The first-order valence-corrected chi connectivity index (χ1v) is 5.31. The van der Waals surface area contributed by atoms with Gasteiger partial charge in [0.25, 0.3) is 0 Å². The maximum Gasteiger partial charge on any atom is 0.146 e. The van der Waals surface area contributed by atoms with Crippen molar-refractivity contribution >= 4 is 11.6 Å². The topological polar surface area (TPSA) is 52.5 Å². The molecule has 90 valence electrons. The smallest absolute Gasteiger partial charge is 0.146 e. The van der Waals surface area contributed by atoms with Gasteiger partial charge in [0.15, 0.2) is 0 Å². The predicted octanol–water partition coefficient (Wildman–Crippen LogP) is 1.31. The summed E-state index contributed by atoms with van der Waals surface area (Å²) >= 11 is 5.62. The Morgan fingerprint density at radius 3 is 2.81 bits per heavy atom. The molecular weight excluding hydrogens is 233 g/mol. The first-order chi connectivity index (χ1) is 7.46. The summed E-state index contributed by atoms with van der Waals surface area (Å²) in [5, 5.41) is 21.2. The summed E-state index contributed by atoms with van der Waals surface area (Å²) in [6.07, 6.45) is 0. The monoisotopic (exact) mass is 247 g/mol. The summed E-state index contributed by atoms with van der Waals surface area (Å²) < 4.78 is 13.4. The minimum absolute atomic E-state index is 0.0771. The first-order valence-electron chi connectivity index (χ1n) is 4.93. The van der Waals surface area contributed by atoms with Crippen LogP contribution in [0.2, 0.25) is 5.02 Å². The summed E-state index contributed by atoms with van der Waals surface area (Å²) in [4.78, 5) is 0. The van der Waals surface area contributed by atoms with Crippen LogP contribution in [-0.2, 0) is 6.54 Å². The number of halogens is 2. The zero-order valence-corrected chi connectivity index (χ0v) is 9.76. The Labute approximate surface area is 98.9 Å². The summed E-state index contributed by atoms with van der Waals surface area (Å²) in [7, 11) is 0. The van der Waals surface area contributed by atoms with Crippen molar-refractivity contribution < 1.29 is 14.6 Å². The van der Waals surface area contributed by atoms with Crippen molar-refractivity contribution in [2.24, 2.45) is 0 Å². The lowest BCUT2D eigenvalue weighted by Crippen LogP contribution is -2.40. The third kappa shape index (κ3) is 3.72. The molecule has 1 aromatic carbocycles. The number of rotatable bonds is 5. The molecule has 0 saturated heterocycles. The van der Waals surface area contributed by atoms with Gasteiger partial charge >= 0.3 is 0 Å². The molecular formula is C11H15ClFNO2. The van der Waals surface area contributed by atoms with Crippen LogP contribution in [0.1, 0.15) is 12.5 Å². The summed E-state index contributed by atoms with van der Waals surface area (Å²) in [5.74, 6) is -0.458. The molecule has 0 aliphatic carbocycles. The van der Waals surface area contributed by atoms with Gasteiger partial charge in [-0.25, -0.2) is 4.39 Å². The molecule has 0 amide bonds. The molecule has 0 radical (unpaired) electrons. The lowest BCUT2D eigenvalue weighted by atomic mass is 10.1. The van der Waals surface area contributed by atoms with Gasteiger partial charge in [-0.3, -0.25) is 0 Å². The Morgan fingerprint density at radius 1 is 1.50 bits per heavy atom. The summed E-state index contributed by atoms with van der Waals surface area (Å²) in [6, 6.07) is 4.75. The molecule has 5 heteroatoms. The van der Waals surface area contributed by atoms with Gasteiger partial charge in [0, 0.05) is 18.7 Å². The molecule has 0 saturated carbocycles. The predicted molar refractivity (Wildman–Crippen MR) is 60.8 cm³/mol. The van der Waals surface area contributed by atoms with Crippen LogP contribution in [0.15, 0.2) is 18.2 Å². The molecule has 0 aliphatic rings. The third-order valence-electron chi connectivity index (χ3n) is 2.19. The lowest BCUT2D eigenvalue weighted by molar-refractivity contribution is 0.00249. The Morgan fingerprint density at radius 2 is 2.19 bits per heavy atom. The fourth-order valence-corrected chi connectivity index (χ4v) is 1.40. The Bertz CT molecular complexity index is 358. The van der Waals surface area contributed by atoms with Gasteiger partial charge in [-0.1, -0.05) is 23.7 Å². The summed E-state index contributed by atoms with van der Waals surface area (Å²) in [6.45, 7) is 1.57. The number of benzene rings is 1. The Kier molecular flexibility index (Phi) is 4.68. The lowest BCUT2D eigenvalue weighted by Gasteiger charge is -2.20. The minimum Gasteiger partial charge on any atom is -0.393 e. The highest BCUT2D eigenvalue weighted by Gasteiger charge is 2.18. The van der Waals surface area contributed by atoms with Crippen molar-refractivity contribution in [3.05, 3.63) is 34.6 Å². The summed E-state index contributed by atoms with van der Waals surface area (Å²) in [5.41, 5.74) is -0.768. The normalized spacial score (nSPS) is 14.8. The molecule has 0 aromatic heterocycles. The zero-order valence-electron chi connectivity index (χ0n) is 9.00. The van der Waals surface area contributed by atoms with Gasteiger partial charge in [0.2, 0.25) is 0 Å². The van der Waals surface area contributed by atoms with Crippen LogP contribution in [0.5, 0.6) is 0 Å². The highest BCUT2D eigenvalue weighted by Crippen LogP contribution is 2.17. The fraction of sp³-hybridized carbons (Fsp3) is 0.455. The van der Waals surface area contributed by atoms with E-state index in [9.17, 15) is 9.50 Å². The molecule has 1 atom stereocenters. The van der Waals surface area contributed by atoms with Crippen LogP contribution in [-0.4, -0.2) is 29.0 Å². The number of aliphatic hydroxyl groups excluding tert-OH is 1. The van der Waals surface area contributed by atoms with Crippen LogP contribution in [0.4, 0.5) is 4.39 Å². The molecule has 1 aromatic rings. The molecule has 3 nitrogen and oxygen atoms in total. The van der Waals surface area contributed by atoms with Crippen LogP contribution >= 0.6 is 11.6 Å². The maximum absolute atomic E-state index is 13.4. The first kappa shape index (κ1) is 13.4. The van der Waals surface area contributed by atoms with Crippen LogP contribution < -0.4 is 5.32 Å². The van der Waals surface area contributed by atoms with Crippen molar-refractivity contribution in [2.75, 3.05) is 13.2 Å². The Balaban J connectivity index is 2.53. The van der Waals surface area contributed by atoms with E-state index in [1.54, 1.807) is 12.1 Å². The van der Waals surface area contributed by atoms with E-state index in [1.165, 1.54) is 13.0 Å². The largest absolute Gasteiger partial charge is 0.393 e. The second kappa shape index (κ2) is 5.59. The highest BCUT2D eigenvalue weighted by molar-refractivity contribution is 6.30. The van der Waals surface area contributed by atoms with E-state index in [-0.39, 0.29) is 24.7 Å². The van der Waals surface area contributed by atoms with Gasteiger partial charge in [0.1, 0.15) is 5.82 Å². The number of hydrogen-bond acceptors (Lipinski definition) is 3. The van der Waals surface area contributed by atoms with E-state index in [1.807, 2.05) is 0 Å². The van der Waals surface area contributed by atoms with Gasteiger partial charge in [-0.05, 0) is 13.0 Å². The van der Waals surface area contributed by atoms with Crippen molar-refractivity contribution in [2.45, 2.75) is 19.1 Å². The molecule has 1 unspecified atom stereocenters. The van der Waals surface area contributed by atoms with Gasteiger partial charge in [-0.15, -0.1) is 0 Å². The number of aliphatic hydroxyl groups is 2. The van der Waals surface area contributed by atoms with Crippen LogP contribution in [0, 0.1) is 5.82 Å². The standard InChI is InChI=1S/C11H15ClFNO2/c1-11(16,7-15)6-14-5-8-3-2-4-9(12)10(8)13/h2-4,14-16H,5-7H2,1H3. The van der Waals surface area contributed by atoms with Crippen molar-refractivity contribution in [1.29, 1.82) is 0 Å². The second-order valence-electron chi connectivity index (χ2n) is 3.97. The van der Waals surface area contributed by atoms with E-state index in [2.05, 4.69) is 5.32 Å². The van der Waals surface area contributed by atoms with Crippen molar-refractivity contribution in [1.82, 2.24) is 5.32 Å². The van der Waals surface area contributed by atoms with E-state index < -0.39 is 11.4 Å². The van der Waals surface area contributed by atoms with E-state index in [4.69, 9.17) is 16.7 Å². The quantitative estimate of drug-likeness (QED) is 0.736. The fourth-order valence-electron chi connectivity index (χ4n) is 1.21. The van der Waals surface area contributed by atoms with E-state index in [0.29, 0.717) is 5.56 Å². The van der Waals surface area contributed by atoms with Gasteiger partial charge < -0.3 is 15.5 Å². The average molecular weight is 248 g/mol. The van der Waals surface area contributed by atoms with Crippen LogP contribution in [0.3, 0.4) is 0 Å². The average Bonchev–Trinajstić information content (AvgIpc) is 2.24. The highest BCUT2D eigenvalue weighted by atomic mass is 35.5. The van der Waals surface area contributed by atoms with E-state index in [0.717, 1.165) is 0 Å². The molecule has 0 fully saturated rings. The third-order valence-corrected chi connectivity index (χ3v) is 2.49. The number of nitrogens with one attached hydrogen (secondary N) is 1. The second-order valence-corrected chi connectivity index (χ2v) is 4.38. The zero-order chi connectivity index (χ0) is 12.2. The maximum atomic E-state index is 13.4. The van der Waals surface area contributed by atoms with Gasteiger partial charge in [-0.2, -0.15) is 0 Å². The minimum atomic E-state index is -1.20.